The molecule has 0 N–H and O–H groups in total. The number of aryl methyl sites for hydroxylation is 1. The Balaban J connectivity index is -0.000000333. The van der Waals surface area contributed by atoms with Crippen LogP contribution in [0, 0.1) is 0 Å². The number of rotatable bonds is 0. The van der Waals surface area contributed by atoms with E-state index in [1.165, 1.54) is 0 Å². The van der Waals surface area contributed by atoms with Gasteiger partial charge in [-0.2, -0.15) is 0 Å². The molecule has 0 aliphatic carbocycles. The van der Waals surface area contributed by atoms with Crippen molar-refractivity contribution in [3.8, 4) is 0 Å². The first-order valence-corrected chi connectivity index (χ1v) is 4.97. The van der Waals surface area contributed by atoms with Crippen molar-refractivity contribution in [2.45, 2.75) is 0 Å². The van der Waals surface area contributed by atoms with E-state index < -0.39 is 0 Å². The summed E-state index contributed by atoms with van der Waals surface area (Å²) >= 11 is 0. The maximum atomic E-state index is 2.19. The average Bonchev–Trinajstić information content (AvgIpc) is 2.02. The third-order valence-corrected chi connectivity index (χ3v) is 2.31. The Bertz CT molecular complexity index is 225. The van der Waals surface area contributed by atoms with E-state index in [9.17, 15) is 0 Å². The first-order chi connectivity index (χ1) is 4.89. The smallest absolute Gasteiger partial charge is 0.137 e. The Kier molecular flexibility index (Phi) is 18.1. The van der Waals surface area contributed by atoms with E-state index in [0.29, 0.717) is 10.5 Å². The summed E-state index contributed by atoms with van der Waals surface area (Å²) in [6.07, 6.45) is 2.19. The van der Waals surface area contributed by atoms with Crippen LogP contribution in [0.1, 0.15) is 0 Å². The SMILES string of the molecule is C[s+]1cccccccc1.Cl.[Cl-].[Zn]. The molecule has 0 bridgehead atoms. The molecule has 0 saturated carbocycles. The molecular formula is C9H12Cl2SZn. The molecule has 1 rings (SSSR count). The van der Waals surface area contributed by atoms with Gasteiger partial charge in [-0.25, -0.2) is 0 Å². The van der Waals surface area contributed by atoms with E-state index in [-0.39, 0.29) is 44.3 Å². The van der Waals surface area contributed by atoms with E-state index in [2.05, 4.69) is 29.1 Å². The fraction of sp³-hybridized carbons (Fsp3) is 0.111. The zero-order valence-corrected chi connectivity index (χ0v) is 12.9. The van der Waals surface area contributed by atoms with Crippen molar-refractivity contribution in [2.24, 2.45) is 6.26 Å². The monoisotopic (exact) mass is 286 g/mol. The number of halogens is 2. The van der Waals surface area contributed by atoms with Gasteiger partial charge in [0.15, 0.2) is 0 Å². The summed E-state index contributed by atoms with van der Waals surface area (Å²) in [4.78, 5) is 0. The molecule has 4 heteroatoms. The third kappa shape index (κ3) is 10.3. The van der Waals surface area contributed by atoms with Gasteiger partial charge < -0.3 is 12.4 Å². The van der Waals surface area contributed by atoms with Gasteiger partial charge in [-0.05, 0) is 22.6 Å². The molecule has 0 atom stereocenters. The number of hydrogen-bond acceptors (Lipinski definition) is 0. The van der Waals surface area contributed by atoms with Crippen LogP contribution in [0.25, 0.3) is 0 Å². The van der Waals surface area contributed by atoms with Crippen LogP contribution >= 0.6 is 22.9 Å². The van der Waals surface area contributed by atoms with Crippen LogP contribution in [-0.4, -0.2) is 0 Å². The first kappa shape index (κ1) is 19.0. The molecule has 0 saturated heterocycles. The predicted molar refractivity (Wildman–Crippen MR) is 54.8 cm³/mol. The van der Waals surface area contributed by atoms with E-state index in [1.807, 2.05) is 24.3 Å². The molecule has 0 aliphatic heterocycles. The normalized spacial score (nSPS) is 6.54. The fourth-order valence-corrected chi connectivity index (χ4v) is 1.41. The van der Waals surface area contributed by atoms with Gasteiger partial charge >= 0.3 is 0 Å². The molecule has 70 valence electrons. The van der Waals surface area contributed by atoms with Crippen LogP contribution in [0.4, 0.5) is 0 Å². The van der Waals surface area contributed by atoms with Crippen molar-refractivity contribution in [1.29, 1.82) is 0 Å². The zero-order valence-electron chi connectivity index (χ0n) is 7.52. The van der Waals surface area contributed by atoms with Crippen molar-refractivity contribution in [3.63, 3.8) is 0 Å². The second kappa shape index (κ2) is 12.4. The Morgan fingerprint density at radius 2 is 1.08 bits per heavy atom. The molecule has 1 aromatic heterocycles. The van der Waals surface area contributed by atoms with Gasteiger partial charge in [0.2, 0.25) is 0 Å². The first-order valence-electron chi connectivity index (χ1n) is 3.21. The minimum Gasteiger partial charge on any atom is -1.00 e. The largest absolute Gasteiger partial charge is 1.00 e. The van der Waals surface area contributed by atoms with Crippen LogP contribution < -0.4 is 12.4 Å². The quantitative estimate of drug-likeness (QED) is 0.482. The minimum atomic E-state index is 0. The molecule has 0 aliphatic rings. The summed E-state index contributed by atoms with van der Waals surface area (Å²) in [6, 6.07) is 12.3. The summed E-state index contributed by atoms with van der Waals surface area (Å²) in [5.41, 5.74) is 0. The van der Waals surface area contributed by atoms with Crippen molar-refractivity contribution in [2.75, 3.05) is 0 Å². The maximum absolute atomic E-state index is 2.19. The number of hydrogen-bond donors (Lipinski definition) is 0. The third-order valence-electron chi connectivity index (χ3n) is 1.14. The van der Waals surface area contributed by atoms with Gasteiger partial charge in [-0.1, -0.05) is 24.3 Å². The standard InChI is InChI=1S/C9H11S.2ClH.Zn/c1-10-8-6-4-2-3-5-7-9-10;;;/h2-9H,1H3;2*1H;/q+1;;;/p-1. The zero-order chi connectivity index (χ0) is 7.23. The Labute approximate surface area is 108 Å². The Morgan fingerprint density at radius 1 is 0.769 bits per heavy atom. The minimum absolute atomic E-state index is 0. The van der Waals surface area contributed by atoms with Gasteiger partial charge in [-0.3, -0.25) is 0 Å². The van der Waals surface area contributed by atoms with E-state index >= 15 is 0 Å². The van der Waals surface area contributed by atoms with Gasteiger partial charge in [0.1, 0.15) is 17.0 Å². The van der Waals surface area contributed by atoms with Crippen LogP contribution in [0.2, 0.25) is 0 Å². The Hall–Kier alpha value is 0.383. The summed E-state index contributed by atoms with van der Waals surface area (Å²) in [5.74, 6) is 0. The molecule has 0 unspecified atom stereocenters. The van der Waals surface area contributed by atoms with E-state index in [0.717, 1.165) is 0 Å². The van der Waals surface area contributed by atoms with Crippen LogP contribution in [0.3, 0.4) is 0 Å². The molecule has 0 nitrogen and oxygen atoms in total. The average molecular weight is 289 g/mol. The molecule has 0 amide bonds. The van der Waals surface area contributed by atoms with Crippen LogP contribution in [0.5, 0.6) is 0 Å². The van der Waals surface area contributed by atoms with Gasteiger partial charge in [0.05, 0.1) is 0 Å². The molecular weight excluding hydrogens is 276 g/mol. The molecule has 0 fully saturated rings. The second-order valence-corrected chi connectivity index (χ2v) is 3.79. The molecule has 0 aromatic carbocycles. The predicted octanol–water partition coefficient (Wildman–Crippen LogP) is 0.520. The Morgan fingerprint density at radius 3 is 1.46 bits per heavy atom. The second-order valence-electron chi connectivity index (χ2n) is 2.03. The summed E-state index contributed by atoms with van der Waals surface area (Å²) in [5, 5.41) is 4.39. The molecule has 0 radical (unpaired) electrons. The molecule has 1 heterocycles. The summed E-state index contributed by atoms with van der Waals surface area (Å²) in [6.45, 7) is 0. The van der Waals surface area contributed by atoms with Crippen molar-refractivity contribution in [3.05, 3.63) is 47.2 Å². The maximum Gasteiger partial charge on any atom is 0.137 e. The fourth-order valence-electron chi connectivity index (χ4n) is 0.641. The van der Waals surface area contributed by atoms with Crippen molar-refractivity contribution < 1.29 is 31.9 Å². The van der Waals surface area contributed by atoms with Crippen LogP contribution in [-0.2, 0) is 25.7 Å². The van der Waals surface area contributed by atoms with Crippen LogP contribution in [0.15, 0.2) is 47.2 Å². The summed E-state index contributed by atoms with van der Waals surface area (Å²) in [7, 11) is 0.307. The van der Waals surface area contributed by atoms with Gasteiger partial charge in [0.25, 0.3) is 0 Å². The van der Waals surface area contributed by atoms with E-state index in [4.69, 9.17) is 0 Å². The topological polar surface area (TPSA) is 0 Å². The van der Waals surface area contributed by atoms with Crippen molar-refractivity contribution in [1.82, 2.24) is 0 Å². The molecule has 1 aromatic rings. The van der Waals surface area contributed by atoms with E-state index in [1.54, 1.807) is 0 Å². The molecule has 0 spiro atoms. The molecule has 13 heavy (non-hydrogen) atoms. The van der Waals surface area contributed by atoms with Gasteiger partial charge in [-0.15, -0.1) is 12.4 Å². The van der Waals surface area contributed by atoms with Gasteiger partial charge in [0, 0.05) is 19.5 Å². The van der Waals surface area contributed by atoms with Crippen molar-refractivity contribution >= 4 is 22.9 Å². The summed E-state index contributed by atoms with van der Waals surface area (Å²) < 4.78 is 0.